The fraction of sp³-hybridized carbons (Fsp3) is 0.333. The third-order valence-electron chi connectivity index (χ3n) is 3.35. The molecule has 0 bridgehead atoms. The molecule has 5 heteroatoms. The number of rotatable bonds is 9. The minimum Gasteiger partial charge on any atom is -0.497 e. The highest BCUT2D eigenvalue weighted by molar-refractivity contribution is 5.38. The van der Waals surface area contributed by atoms with Gasteiger partial charge in [-0.25, -0.2) is 0 Å². The molecule has 2 aromatic rings. The summed E-state index contributed by atoms with van der Waals surface area (Å²) in [5, 5.41) is 3.34. The zero-order chi connectivity index (χ0) is 16.5. The zero-order valence-corrected chi connectivity index (χ0v) is 13.8. The van der Waals surface area contributed by atoms with Crippen LogP contribution in [-0.2, 0) is 6.54 Å². The molecule has 0 aliphatic heterocycles. The van der Waals surface area contributed by atoms with E-state index in [1.807, 2.05) is 42.5 Å². The summed E-state index contributed by atoms with van der Waals surface area (Å²) in [6, 6.07) is 13.4. The van der Waals surface area contributed by atoms with Gasteiger partial charge in [-0.15, -0.1) is 0 Å². The molecule has 0 unspecified atom stereocenters. The number of ether oxygens (including phenoxy) is 4. The number of hydrogen-bond donors (Lipinski definition) is 1. The standard InChI is InChI=1S/C18H23NO4/c1-20-15-4-6-16(7-5-15)23-9-8-19-13-14-10-17(21-2)12-18(11-14)22-3/h4-7,10-12,19H,8-9,13H2,1-3H3. The molecule has 0 heterocycles. The summed E-state index contributed by atoms with van der Waals surface area (Å²) in [6.45, 7) is 2.05. The second kappa shape index (κ2) is 8.90. The van der Waals surface area contributed by atoms with Crippen molar-refractivity contribution < 1.29 is 18.9 Å². The second-order valence-electron chi connectivity index (χ2n) is 4.92. The number of nitrogens with one attached hydrogen (secondary N) is 1. The van der Waals surface area contributed by atoms with Crippen molar-refractivity contribution in [2.24, 2.45) is 0 Å². The van der Waals surface area contributed by atoms with Crippen LogP contribution in [0.4, 0.5) is 0 Å². The maximum atomic E-state index is 5.67. The Bertz CT molecular complexity index is 576. The van der Waals surface area contributed by atoms with Crippen molar-refractivity contribution in [2.75, 3.05) is 34.5 Å². The van der Waals surface area contributed by atoms with E-state index in [1.54, 1.807) is 21.3 Å². The third kappa shape index (κ3) is 5.38. The first kappa shape index (κ1) is 17.0. The van der Waals surface area contributed by atoms with Crippen LogP contribution in [0.25, 0.3) is 0 Å². The lowest BCUT2D eigenvalue weighted by Gasteiger charge is -2.10. The largest absolute Gasteiger partial charge is 0.497 e. The van der Waals surface area contributed by atoms with E-state index >= 15 is 0 Å². The Labute approximate surface area is 137 Å². The van der Waals surface area contributed by atoms with Crippen LogP contribution < -0.4 is 24.3 Å². The lowest BCUT2D eigenvalue weighted by molar-refractivity contribution is 0.312. The Morgan fingerprint density at radius 1 is 0.739 bits per heavy atom. The molecule has 23 heavy (non-hydrogen) atoms. The van der Waals surface area contributed by atoms with E-state index in [0.717, 1.165) is 41.7 Å². The Morgan fingerprint density at radius 2 is 1.30 bits per heavy atom. The monoisotopic (exact) mass is 317 g/mol. The van der Waals surface area contributed by atoms with Crippen molar-refractivity contribution in [3.8, 4) is 23.0 Å². The summed E-state index contributed by atoms with van der Waals surface area (Å²) in [7, 11) is 4.94. The molecule has 0 aliphatic rings. The lowest BCUT2D eigenvalue weighted by Crippen LogP contribution is -2.20. The van der Waals surface area contributed by atoms with Gasteiger partial charge in [0.1, 0.15) is 29.6 Å². The fourth-order valence-corrected chi connectivity index (χ4v) is 2.11. The quantitative estimate of drug-likeness (QED) is 0.721. The Hall–Kier alpha value is -2.40. The van der Waals surface area contributed by atoms with E-state index in [1.165, 1.54) is 0 Å². The smallest absolute Gasteiger partial charge is 0.122 e. The first-order valence-corrected chi connectivity index (χ1v) is 7.44. The van der Waals surface area contributed by atoms with Gasteiger partial charge in [0.25, 0.3) is 0 Å². The maximum Gasteiger partial charge on any atom is 0.122 e. The first-order valence-electron chi connectivity index (χ1n) is 7.44. The van der Waals surface area contributed by atoms with Crippen LogP contribution in [0.15, 0.2) is 42.5 Å². The minimum absolute atomic E-state index is 0.591. The second-order valence-corrected chi connectivity index (χ2v) is 4.92. The molecule has 0 amide bonds. The summed E-state index contributed by atoms with van der Waals surface area (Å²) in [6.07, 6.45) is 0. The molecular weight excluding hydrogens is 294 g/mol. The van der Waals surface area contributed by atoms with Gasteiger partial charge >= 0.3 is 0 Å². The molecule has 5 nitrogen and oxygen atoms in total. The van der Waals surface area contributed by atoms with Crippen LogP contribution in [0.3, 0.4) is 0 Å². The highest BCUT2D eigenvalue weighted by Gasteiger charge is 2.02. The maximum absolute atomic E-state index is 5.67. The minimum atomic E-state index is 0.591. The topological polar surface area (TPSA) is 49.0 Å². The Morgan fingerprint density at radius 3 is 1.87 bits per heavy atom. The molecule has 2 aromatic carbocycles. The van der Waals surface area contributed by atoms with Gasteiger partial charge in [0.2, 0.25) is 0 Å². The van der Waals surface area contributed by atoms with E-state index in [2.05, 4.69) is 5.32 Å². The molecule has 2 rings (SSSR count). The van der Waals surface area contributed by atoms with E-state index in [9.17, 15) is 0 Å². The Kier molecular flexibility index (Phi) is 6.56. The number of hydrogen-bond acceptors (Lipinski definition) is 5. The van der Waals surface area contributed by atoms with Crippen LogP contribution in [0.1, 0.15) is 5.56 Å². The van der Waals surface area contributed by atoms with Crippen molar-refractivity contribution in [3.05, 3.63) is 48.0 Å². The van der Waals surface area contributed by atoms with E-state index in [0.29, 0.717) is 6.61 Å². The molecule has 0 spiro atoms. The van der Waals surface area contributed by atoms with E-state index in [-0.39, 0.29) is 0 Å². The van der Waals surface area contributed by atoms with Crippen LogP contribution >= 0.6 is 0 Å². The average Bonchev–Trinajstić information content (AvgIpc) is 2.61. The van der Waals surface area contributed by atoms with Crippen molar-refractivity contribution in [1.29, 1.82) is 0 Å². The van der Waals surface area contributed by atoms with Crippen molar-refractivity contribution >= 4 is 0 Å². The molecule has 0 fully saturated rings. The van der Waals surface area contributed by atoms with Crippen LogP contribution in [0.2, 0.25) is 0 Å². The molecule has 124 valence electrons. The predicted octanol–water partition coefficient (Wildman–Crippen LogP) is 2.88. The van der Waals surface area contributed by atoms with Crippen molar-refractivity contribution in [2.45, 2.75) is 6.54 Å². The highest BCUT2D eigenvalue weighted by Crippen LogP contribution is 2.22. The molecule has 0 atom stereocenters. The summed E-state index contributed by atoms with van der Waals surface area (Å²) < 4.78 is 21.3. The molecule has 0 saturated carbocycles. The van der Waals surface area contributed by atoms with Gasteiger partial charge in [0, 0.05) is 19.2 Å². The third-order valence-corrected chi connectivity index (χ3v) is 3.35. The first-order chi connectivity index (χ1) is 11.2. The lowest BCUT2D eigenvalue weighted by atomic mass is 10.2. The zero-order valence-electron chi connectivity index (χ0n) is 13.8. The van der Waals surface area contributed by atoms with Crippen LogP contribution in [0, 0.1) is 0 Å². The van der Waals surface area contributed by atoms with Gasteiger partial charge < -0.3 is 24.3 Å². The molecule has 0 aliphatic carbocycles. The number of benzene rings is 2. The van der Waals surface area contributed by atoms with Crippen LogP contribution in [-0.4, -0.2) is 34.5 Å². The predicted molar refractivity (Wildman–Crippen MR) is 89.7 cm³/mol. The average molecular weight is 317 g/mol. The van der Waals surface area contributed by atoms with Crippen molar-refractivity contribution in [1.82, 2.24) is 5.32 Å². The van der Waals surface area contributed by atoms with Crippen LogP contribution in [0.5, 0.6) is 23.0 Å². The summed E-state index contributed by atoms with van der Waals surface area (Å²) >= 11 is 0. The number of methoxy groups -OCH3 is 3. The molecule has 1 N–H and O–H groups in total. The van der Waals surface area contributed by atoms with Gasteiger partial charge in [0.15, 0.2) is 0 Å². The van der Waals surface area contributed by atoms with E-state index in [4.69, 9.17) is 18.9 Å². The van der Waals surface area contributed by atoms with Gasteiger partial charge in [0.05, 0.1) is 21.3 Å². The van der Waals surface area contributed by atoms with Crippen molar-refractivity contribution in [3.63, 3.8) is 0 Å². The van der Waals surface area contributed by atoms with E-state index < -0.39 is 0 Å². The molecule has 0 saturated heterocycles. The fourth-order valence-electron chi connectivity index (χ4n) is 2.11. The summed E-state index contributed by atoms with van der Waals surface area (Å²) in [4.78, 5) is 0. The van der Waals surface area contributed by atoms with Gasteiger partial charge in [-0.1, -0.05) is 0 Å². The SMILES string of the molecule is COc1ccc(OCCNCc2cc(OC)cc(OC)c2)cc1. The summed E-state index contributed by atoms with van der Waals surface area (Å²) in [5.74, 6) is 3.23. The highest BCUT2D eigenvalue weighted by atomic mass is 16.5. The molecule has 0 aromatic heterocycles. The molecular formula is C18H23NO4. The van der Waals surface area contributed by atoms with Gasteiger partial charge in [-0.2, -0.15) is 0 Å². The van der Waals surface area contributed by atoms with Gasteiger partial charge in [-0.3, -0.25) is 0 Å². The molecule has 0 radical (unpaired) electrons. The normalized spacial score (nSPS) is 10.2. The summed E-state index contributed by atoms with van der Waals surface area (Å²) in [5.41, 5.74) is 1.10. The van der Waals surface area contributed by atoms with Gasteiger partial charge in [-0.05, 0) is 42.0 Å². The Balaban J connectivity index is 1.74.